The fourth-order valence-corrected chi connectivity index (χ4v) is 4.19. The quantitative estimate of drug-likeness (QED) is 0.779. The fourth-order valence-electron chi connectivity index (χ4n) is 2.30. The number of thiazole rings is 1. The number of hydrogen-bond donors (Lipinski definition) is 1. The number of nitrogens with zero attached hydrogens (tertiary/aromatic N) is 2. The van der Waals surface area contributed by atoms with Crippen molar-refractivity contribution >= 4 is 21.4 Å². The van der Waals surface area contributed by atoms with E-state index < -0.39 is 10.0 Å². The molecule has 2 rings (SSSR count). The Morgan fingerprint density at radius 3 is 2.50 bits per heavy atom. The van der Waals surface area contributed by atoms with Crippen LogP contribution in [0.25, 0.3) is 0 Å². The maximum absolute atomic E-state index is 12.4. The monoisotopic (exact) mass is 367 g/mol. The van der Waals surface area contributed by atoms with Crippen LogP contribution in [0.15, 0.2) is 28.5 Å². The van der Waals surface area contributed by atoms with Gasteiger partial charge in [-0.25, -0.2) is 18.1 Å². The number of hydrogen-bond acceptors (Lipinski definition) is 5. The molecule has 2 aromatic rings. The summed E-state index contributed by atoms with van der Waals surface area (Å²) in [5.74, 6) is 0. The highest BCUT2D eigenvalue weighted by Gasteiger charge is 2.15. The summed E-state index contributed by atoms with van der Waals surface area (Å²) < 4.78 is 27.4. The van der Waals surface area contributed by atoms with Crippen LogP contribution in [-0.4, -0.2) is 31.4 Å². The topological polar surface area (TPSA) is 62.3 Å². The van der Waals surface area contributed by atoms with Crippen LogP contribution in [-0.2, 0) is 23.1 Å². The molecule has 0 atom stereocenters. The highest BCUT2D eigenvalue weighted by Crippen LogP contribution is 2.16. The van der Waals surface area contributed by atoms with E-state index >= 15 is 0 Å². The van der Waals surface area contributed by atoms with Crippen molar-refractivity contribution in [1.29, 1.82) is 0 Å². The molecule has 7 heteroatoms. The molecule has 5 nitrogen and oxygen atoms in total. The van der Waals surface area contributed by atoms with Crippen molar-refractivity contribution in [2.45, 2.75) is 45.7 Å². The second-order valence-electron chi connectivity index (χ2n) is 5.76. The van der Waals surface area contributed by atoms with Crippen molar-refractivity contribution in [1.82, 2.24) is 14.6 Å². The molecule has 0 unspecified atom stereocenters. The van der Waals surface area contributed by atoms with Gasteiger partial charge in [-0.15, -0.1) is 11.3 Å². The van der Waals surface area contributed by atoms with E-state index in [0.717, 1.165) is 41.5 Å². The predicted molar refractivity (Wildman–Crippen MR) is 98.7 cm³/mol. The second kappa shape index (κ2) is 8.20. The van der Waals surface area contributed by atoms with Crippen molar-refractivity contribution in [2.24, 2.45) is 0 Å². The van der Waals surface area contributed by atoms with E-state index in [4.69, 9.17) is 0 Å². The molecule has 0 radical (unpaired) electrons. The highest BCUT2D eigenvalue weighted by atomic mass is 32.2. The Balaban J connectivity index is 2.02. The van der Waals surface area contributed by atoms with Gasteiger partial charge in [-0.05, 0) is 50.2 Å². The maximum atomic E-state index is 12.4. The van der Waals surface area contributed by atoms with E-state index in [1.54, 1.807) is 12.1 Å². The first-order chi connectivity index (χ1) is 11.4. The molecule has 0 saturated heterocycles. The molecule has 0 spiro atoms. The maximum Gasteiger partial charge on any atom is 0.240 e. The van der Waals surface area contributed by atoms with Crippen LogP contribution >= 0.6 is 11.3 Å². The number of rotatable bonds is 8. The van der Waals surface area contributed by atoms with Gasteiger partial charge in [0.25, 0.3) is 0 Å². The number of aryl methyl sites for hydroxylation is 2. The number of sulfonamides is 1. The molecule has 0 aliphatic rings. The van der Waals surface area contributed by atoms with Gasteiger partial charge in [-0.2, -0.15) is 0 Å². The van der Waals surface area contributed by atoms with E-state index in [1.165, 1.54) is 11.3 Å². The Labute approximate surface area is 148 Å². The van der Waals surface area contributed by atoms with E-state index in [9.17, 15) is 8.42 Å². The van der Waals surface area contributed by atoms with Crippen molar-refractivity contribution in [3.8, 4) is 0 Å². The van der Waals surface area contributed by atoms with Gasteiger partial charge in [0, 0.05) is 11.9 Å². The van der Waals surface area contributed by atoms with Gasteiger partial charge in [0.05, 0.1) is 17.1 Å². The number of benzene rings is 1. The van der Waals surface area contributed by atoms with Crippen molar-refractivity contribution in [3.05, 3.63) is 45.4 Å². The summed E-state index contributed by atoms with van der Waals surface area (Å²) in [5.41, 5.74) is 3.03. The third kappa shape index (κ3) is 4.86. The smallest absolute Gasteiger partial charge is 0.240 e. The summed E-state index contributed by atoms with van der Waals surface area (Å²) in [6.45, 7) is 11.1. The third-order valence-electron chi connectivity index (χ3n) is 4.08. The first-order valence-electron chi connectivity index (χ1n) is 8.08. The normalized spacial score (nSPS) is 12.0. The molecule has 1 aromatic heterocycles. The zero-order valence-corrected chi connectivity index (χ0v) is 16.3. The van der Waals surface area contributed by atoms with Crippen LogP contribution in [0.5, 0.6) is 0 Å². The van der Waals surface area contributed by atoms with E-state index in [2.05, 4.69) is 28.5 Å². The van der Waals surface area contributed by atoms with Crippen LogP contribution < -0.4 is 4.72 Å². The van der Waals surface area contributed by atoms with Gasteiger partial charge in [0.15, 0.2) is 0 Å². The summed E-state index contributed by atoms with van der Waals surface area (Å²) >= 11 is 1.49. The zero-order chi connectivity index (χ0) is 17.7. The lowest BCUT2D eigenvalue weighted by molar-refractivity contribution is 0.292. The average molecular weight is 368 g/mol. The summed E-state index contributed by atoms with van der Waals surface area (Å²) in [6, 6.07) is 5.17. The molecular weight excluding hydrogens is 342 g/mol. The molecule has 0 amide bonds. The molecule has 0 saturated carbocycles. The molecule has 1 N–H and O–H groups in total. The molecule has 0 bridgehead atoms. The van der Waals surface area contributed by atoms with Gasteiger partial charge < -0.3 is 0 Å². The van der Waals surface area contributed by atoms with Crippen molar-refractivity contribution in [3.63, 3.8) is 0 Å². The van der Waals surface area contributed by atoms with Crippen LogP contribution in [0.2, 0.25) is 0 Å². The Morgan fingerprint density at radius 2 is 1.88 bits per heavy atom. The summed E-state index contributed by atoms with van der Waals surface area (Å²) in [5, 5.41) is 2.78. The van der Waals surface area contributed by atoms with Crippen molar-refractivity contribution in [2.75, 3.05) is 13.1 Å². The lowest BCUT2D eigenvalue weighted by Crippen LogP contribution is -2.24. The Morgan fingerprint density at radius 1 is 1.17 bits per heavy atom. The van der Waals surface area contributed by atoms with Crippen LogP contribution in [0.4, 0.5) is 0 Å². The fraction of sp³-hybridized carbons (Fsp3) is 0.471. The van der Waals surface area contributed by atoms with Gasteiger partial charge >= 0.3 is 0 Å². The molecule has 0 aliphatic heterocycles. The van der Waals surface area contributed by atoms with E-state index in [0.29, 0.717) is 4.90 Å². The van der Waals surface area contributed by atoms with Gasteiger partial charge in [-0.3, -0.25) is 4.90 Å². The number of nitrogens with one attached hydrogen (secondary N) is 1. The summed E-state index contributed by atoms with van der Waals surface area (Å²) in [7, 11) is -3.51. The SMILES string of the molecule is CCN(CC)Cc1csc(CNS(=O)(=O)c2ccc(C)c(C)c2)n1. The number of aromatic nitrogens is 1. The highest BCUT2D eigenvalue weighted by molar-refractivity contribution is 7.89. The summed E-state index contributed by atoms with van der Waals surface area (Å²) in [4.78, 5) is 7.10. The largest absolute Gasteiger partial charge is 0.298 e. The van der Waals surface area contributed by atoms with Gasteiger partial charge in [-0.1, -0.05) is 19.9 Å². The van der Waals surface area contributed by atoms with Crippen molar-refractivity contribution < 1.29 is 8.42 Å². The van der Waals surface area contributed by atoms with E-state index in [-0.39, 0.29) is 6.54 Å². The minimum atomic E-state index is -3.51. The predicted octanol–water partition coefficient (Wildman–Crippen LogP) is 3.08. The molecule has 132 valence electrons. The zero-order valence-electron chi connectivity index (χ0n) is 14.7. The van der Waals surface area contributed by atoms with Crippen LogP contribution in [0, 0.1) is 13.8 Å². The standard InChI is InChI=1S/C17H25N3O2S2/c1-5-20(6-2)11-15-12-23-17(19-15)10-18-24(21,22)16-8-7-13(3)14(4)9-16/h7-9,12,18H,5-6,10-11H2,1-4H3. The van der Waals surface area contributed by atoms with E-state index in [1.807, 2.05) is 25.3 Å². The second-order valence-corrected chi connectivity index (χ2v) is 8.47. The molecule has 0 aliphatic carbocycles. The average Bonchev–Trinajstić information content (AvgIpc) is 3.01. The molecular formula is C17H25N3O2S2. The van der Waals surface area contributed by atoms with Gasteiger partial charge in [0.1, 0.15) is 5.01 Å². The van der Waals surface area contributed by atoms with Crippen LogP contribution in [0.3, 0.4) is 0 Å². The summed E-state index contributed by atoms with van der Waals surface area (Å²) in [6.07, 6.45) is 0. The first kappa shape index (κ1) is 19.1. The minimum Gasteiger partial charge on any atom is -0.298 e. The molecule has 24 heavy (non-hydrogen) atoms. The third-order valence-corrected chi connectivity index (χ3v) is 6.38. The minimum absolute atomic E-state index is 0.220. The molecule has 0 fully saturated rings. The lowest BCUT2D eigenvalue weighted by atomic mass is 10.1. The Hall–Kier alpha value is -1.28. The van der Waals surface area contributed by atoms with Crippen LogP contribution in [0.1, 0.15) is 35.7 Å². The molecule has 1 aromatic carbocycles. The lowest BCUT2D eigenvalue weighted by Gasteiger charge is -2.15. The Bertz CT molecular complexity index is 781. The first-order valence-corrected chi connectivity index (χ1v) is 10.4. The molecule has 1 heterocycles. The Kier molecular flexibility index (Phi) is 6.51. The van der Waals surface area contributed by atoms with Gasteiger partial charge in [0.2, 0.25) is 10.0 Å².